The van der Waals surface area contributed by atoms with E-state index in [1.165, 1.54) is 48.4 Å². The number of hydrogen-bond donors (Lipinski definition) is 0. The predicted molar refractivity (Wildman–Crippen MR) is 78.9 cm³/mol. The highest BCUT2D eigenvalue weighted by atomic mass is 15.1. The number of fused-ring (bicyclic) bond motifs is 6. The van der Waals surface area contributed by atoms with Crippen LogP contribution in [0.15, 0.2) is 12.1 Å². The van der Waals surface area contributed by atoms with Crippen LogP contribution in [0.1, 0.15) is 37.3 Å². The van der Waals surface area contributed by atoms with Crippen molar-refractivity contribution in [3.63, 3.8) is 0 Å². The Morgan fingerprint density at radius 2 is 1.20 bits per heavy atom. The first kappa shape index (κ1) is 10.9. The third-order valence-corrected chi connectivity index (χ3v) is 4.84. The standard InChI is InChI=1S/C16H18N4/c1-3-7-19-13-10-12-14(9-11(13)17-15(19)5-1)20-8-4-2-6-16(20)18-12/h9-10H,1-8H2. The lowest BCUT2D eigenvalue weighted by atomic mass is 10.1. The molecule has 0 bridgehead atoms. The molecule has 20 heavy (non-hydrogen) atoms. The van der Waals surface area contributed by atoms with E-state index in [2.05, 4.69) is 21.3 Å². The zero-order chi connectivity index (χ0) is 13.1. The van der Waals surface area contributed by atoms with E-state index in [1.54, 1.807) is 0 Å². The molecule has 2 aliphatic heterocycles. The lowest BCUT2D eigenvalue weighted by molar-refractivity contribution is 0.532. The maximum absolute atomic E-state index is 4.85. The van der Waals surface area contributed by atoms with E-state index in [0.29, 0.717) is 0 Å². The molecule has 5 rings (SSSR count). The first-order valence-corrected chi connectivity index (χ1v) is 7.78. The van der Waals surface area contributed by atoms with Gasteiger partial charge in [-0.05, 0) is 37.8 Å². The van der Waals surface area contributed by atoms with Crippen molar-refractivity contribution in [2.24, 2.45) is 0 Å². The zero-order valence-electron chi connectivity index (χ0n) is 11.6. The second-order valence-electron chi connectivity index (χ2n) is 6.10. The van der Waals surface area contributed by atoms with E-state index >= 15 is 0 Å². The molecule has 0 unspecified atom stereocenters. The molecule has 2 aliphatic rings. The molecule has 0 N–H and O–H groups in total. The molecular formula is C16H18N4. The molecule has 0 amide bonds. The van der Waals surface area contributed by atoms with Gasteiger partial charge in [-0.15, -0.1) is 0 Å². The maximum atomic E-state index is 4.85. The summed E-state index contributed by atoms with van der Waals surface area (Å²) in [6.07, 6.45) is 7.34. The normalized spacial score (nSPS) is 18.4. The van der Waals surface area contributed by atoms with Gasteiger partial charge in [0.05, 0.1) is 22.1 Å². The Labute approximate surface area is 117 Å². The van der Waals surface area contributed by atoms with Crippen LogP contribution in [-0.4, -0.2) is 19.1 Å². The SMILES string of the molecule is c1c2nc3n(c2cc2nc4n(c12)CCCC4)CCCC3. The molecule has 4 heterocycles. The summed E-state index contributed by atoms with van der Waals surface area (Å²) in [7, 11) is 0. The van der Waals surface area contributed by atoms with Crippen molar-refractivity contribution < 1.29 is 0 Å². The second-order valence-corrected chi connectivity index (χ2v) is 6.10. The van der Waals surface area contributed by atoms with Gasteiger partial charge in [0.15, 0.2) is 0 Å². The summed E-state index contributed by atoms with van der Waals surface area (Å²) in [5.41, 5.74) is 4.87. The summed E-state index contributed by atoms with van der Waals surface area (Å²) in [5, 5.41) is 0. The molecular weight excluding hydrogens is 248 g/mol. The minimum Gasteiger partial charge on any atom is -0.328 e. The van der Waals surface area contributed by atoms with Crippen LogP contribution in [0.4, 0.5) is 0 Å². The second kappa shape index (κ2) is 3.84. The van der Waals surface area contributed by atoms with Crippen LogP contribution in [0, 0.1) is 0 Å². The maximum Gasteiger partial charge on any atom is 0.109 e. The molecule has 0 radical (unpaired) electrons. The fourth-order valence-electron chi connectivity index (χ4n) is 3.83. The van der Waals surface area contributed by atoms with Gasteiger partial charge in [0.25, 0.3) is 0 Å². The number of rotatable bonds is 0. The van der Waals surface area contributed by atoms with Crippen LogP contribution in [0.5, 0.6) is 0 Å². The van der Waals surface area contributed by atoms with E-state index in [1.807, 2.05) is 0 Å². The van der Waals surface area contributed by atoms with Crippen molar-refractivity contribution in [1.29, 1.82) is 0 Å². The molecule has 1 aromatic carbocycles. The van der Waals surface area contributed by atoms with E-state index in [0.717, 1.165) is 37.0 Å². The fourth-order valence-corrected chi connectivity index (χ4v) is 3.83. The quantitative estimate of drug-likeness (QED) is 0.627. The Bertz CT molecular complexity index is 754. The number of hydrogen-bond acceptors (Lipinski definition) is 2. The molecule has 3 aromatic rings. The Balaban J connectivity index is 1.83. The summed E-state index contributed by atoms with van der Waals surface area (Å²) < 4.78 is 4.80. The molecule has 0 saturated heterocycles. The van der Waals surface area contributed by atoms with Crippen LogP contribution in [0.25, 0.3) is 22.1 Å². The van der Waals surface area contributed by atoms with Crippen LogP contribution < -0.4 is 0 Å². The highest BCUT2D eigenvalue weighted by Gasteiger charge is 2.19. The number of nitrogens with zero attached hydrogens (tertiary/aromatic N) is 4. The number of benzene rings is 1. The van der Waals surface area contributed by atoms with Gasteiger partial charge < -0.3 is 9.13 Å². The molecule has 4 nitrogen and oxygen atoms in total. The molecule has 0 fully saturated rings. The van der Waals surface area contributed by atoms with Gasteiger partial charge in [-0.2, -0.15) is 0 Å². The van der Waals surface area contributed by atoms with Crippen molar-refractivity contribution in [2.45, 2.75) is 51.6 Å². The van der Waals surface area contributed by atoms with Crippen molar-refractivity contribution >= 4 is 22.1 Å². The van der Waals surface area contributed by atoms with Crippen LogP contribution in [0.3, 0.4) is 0 Å². The average Bonchev–Trinajstić information content (AvgIpc) is 3.02. The summed E-state index contributed by atoms with van der Waals surface area (Å²) in [6, 6.07) is 4.52. The number of aromatic nitrogens is 4. The van der Waals surface area contributed by atoms with Gasteiger partial charge in [-0.25, -0.2) is 9.97 Å². The van der Waals surface area contributed by atoms with Crippen LogP contribution in [-0.2, 0) is 25.9 Å². The Kier molecular flexibility index (Phi) is 2.09. The first-order valence-electron chi connectivity index (χ1n) is 7.78. The minimum atomic E-state index is 1.12. The van der Waals surface area contributed by atoms with Crippen molar-refractivity contribution in [2.75, 3.05) is 0 Å². The third kappa shape index (κ3) is 1.37. The topological polar surface area (TPSA) is 35.6 Å². The van der Waals surface area contributed by atoms with Crippen molar-refractivity contribution in [3.05, 3.63) is 23.8 Å². The third-order valence-electron chi connectivity index (χ3n) is 4.84. The summed E-state index contributed by atoms with van der Waals surface area (Å²) in [5.74, 6) is 2.52. The van der Waals surface area contributed by atoms with Crippen molar-refractivity contribution in [1.82, 2.24) is 19.1 Å². The Morgan fingerprint density at radius 1 is 0.700 bits per heavy atom. The largest absolute Gasteiger partial charge is 0.328 e. The summed E-state index contributed by atoms with van der Waals surface area (Å²) in [4.78, 5) is 9.71. The average molecular weight is 266 g/mol. The lowest BCUT2D eigenvalue weighted by Gasteiger charge is -2.14. The van der Waals surface area contributed by atoms with Crippen LogP contribution in [0.2, 0.25) is 0 Å². The van der Waals surface area contributed by atoms with E-state index < -0.39 is 0 Å². The fraction of sp³-hybridized carbons (Fsp3) is 0.500. The van der Waals surface area contributed by atoms with Gasteiger partial charge >= 0.3 is 0 Å². The highest BCUT2D eigenvalue weighted by molar-refractivity contribution is 5.92. The molecule has 4 heteroatoms. The first-order chi connectivity index (χ1) is 9.90. The smallest absolute Gasteiger partial charge is 0.109 e. The molecule has 0 spiro atoms. The Morgan fingerprint density at radius 3 is 1.70 bits per heavy atom. The Hall–Kier alpha value is -1.84. The molecule has 0 atom stereocenters. The predicted octanol–water partition coefficient (Wildman–Crippen LogP) is 3.06. The molecule has 2 aromatic heterocycles. The van der Waals surface area contributed by atoms with Crippen LogP contribution >= 0.6 is 0 Å². The van der Waals surface area contributed by atoms with Gasteiger partial charge in [0.1, 0.15) is 11.6 Å². The van der Waals surface area contributed by atoms with E-state index in [-0.39, 0.29) is 0 Å². The number of imidazole rings is 2. The van der Waals surface area contributed by atoms with E-state index in [9.17, 15) is 0 Å². The van der Waals surface area contributed by atoms with Crippen molar-refractivity contribution in [3.8, 4) is 0 Å². The molecule has 102 valence electrons. The van der Waals surface area contributed by atoms with Gasteiger partial charge in [-0.1, -0.05) is 0 Å². The summed E-state index contributed by atoms with van der Waals surface area (Å²) in [6.45, 7) is 2.23. The monoisotopic (exact) mass is 266 g/mol. The molecule has 0 aliphatic carbocycles. The molecule has 0 saturated carbocycles. The van der Waals surface area contributed by atoms with E-state index in [4.69, 9.17) is 9.97 Å². The summed E-state index contributed by atoms with van der Waals surface area (Å²) >= 11 is 0. The van der Waals surface area contributed by atoms with Gasteiger partial charge in [-0.3, -0.25) is 0 Å². The lowest BCUT2D eigenvalue weighted by Crippen LogP contribution is -2.10. The van der Waals surface area contributed by atoms with Gasteiger partial charge in [0.2, 0.25) is 0 Å². The van der Waals surface area contributed by atoms with Gasteiger partial charge in [0, 0.05) is 25.9 Å². The zero-order valence-corrected chi connectivity index (χ0v) is 11.6. The highest BCUT2D eigenvalue weighted by Crippen LogP contribution is 2.29. The number of aryl methyl sites for hydroxylation is 4. The minimum absolute atomic E-state index is 1.12.